The molecule has 2 aromatic heterocycles. The van der Waals surface area contributed by atoms with Crippen molar-refractivity contribution >= 4 is 32.6 Å². The third-order valence-corrected chi connectivity index (χ3v) is 6.75. The molecule has 0 spiro atoms. The van der Waals surface area contributed by atoms with Crippen molar-refractivity contribution in [2.45, 2.75) is 0 Å². The minimum atomic E-state index is 0. The smallest absolute Gasteiger partial charge is 0.0541 e. The van der Waals surface area contributed by atoms with Crippen molar-refractivity contribution in [1.29, 1.82) is 0 Å². The van der Waals surface area contributed by atoms with Crippen molar-refractivity contribution in [3.63, 3.8) is 0 Å². The quantitative estimate of drug-likeness (QED) is 0.178. The van der Waals surface area contributed by atoms with E-state index in [1.165, 1.54) is 38.4 Å². The Hall–Kier alpha value is -4.04. The summed E-state index contributed by atoms with van der Waals surface area (Å²) < 4.78 is 2.35. The van der Waals surface area contributed by atoms with Gasteiger partial charge in [-0.15, -0.1) is 35.4 Å². The van der Waals surface area contributed by atoms with E-state index in [0.29, 0.717) is 0 Å². The minimum absolute atomic E-state index is 0. The van der Waals surface area contributed by atoms with Crippen LogP contribution < -0.4 is 0 Å². The van der Waals surface area contributed by atoms with E-state index in [1.54, 1.807) is 0 Å². The molecule has 0 atom stereocenters. The second-order valence-electron chi connectivity index (χ2n) is 8.79. The number of fused-ring (bicyclic) bond motifs is 4. The molecule has 7 rings (SSSR count). The summed E-state index contributed by atoms with van der Waals surface area (Å²) in [5.74, 6) is 0. The number of hydrogen-bond donors (Lipinski definition) is 0. The zero-order chi connectivity index (χ0) is 23.2. The molecule has 0 saturated carbocycles. The van der Waals surface area contributed by atoms with Crippen molar-refractivity contribution in [3.8, 4) is 28.1 Å². The van der Waals surface area contributed by atoms with Gasteiger partial charge >= 0.3 is 0 Å². The molecule has 1 radical (unpaired) electrons. The summed E-state index contributed by atoms with van der Waals surface area (Å²) in [6, 6.07) is 46.2. The zero-order valence-electron chi connectivity index (χ0n) is 19.4. The molecule has 0 aliphatic carbocycles. The van der Waals surface area contributed by atoms with E-state index in [2.05, 4.69) is 126 Å². The summed E-state index contributed by atoms with van der Waals surface area (Å²) >= 11 is 0. The van der Waals surface area contributed by atoms with Gasteiger partial charge in [-0.3, -0.25) is 0 Å². The van der Waals surface area contributed by atoms with Gasteiger partial charge in [-0.25, -0.2) is 0 Å². The normalized spacial score (nSPS) is 11.1. The number of para-hydroxylation sites is 2. The van der Waals surface area contributed by atoms with Gasteiger partial charge in [0.25, 0.3) is 0 Å². The predicted octanol–water partition coefficient (Wildman–Crippen LogP) is 8.46. The first kappa shape index (κ1) is 22.4. The van der Waals surface area contributed by atoms with Crippen molar-refractivity contribution in [3.05, 3.63) is 134 Å². The predicted molar refractivity (Wildman–Crippen MR) is 146 cm³/mol. The van der Waals surface area contributed by atoms with Crippen LogP contribution in [0.5, 0.6) is 0 Å². The third-order valence-electron chi connectivity index (χ3n) is 6.75. The van der Waals surface area contributed by atoms with Crippen LogP contribution in [-0.2, 0) is 20.1 Å². The largest absolute Gasteiger partial charge is 0.309 e. The number of rotatable bonds is 3. The summed E-state index contributed by atoms with van der Waals surface area (Å²) in [5.41, 5.74) is 7.91. The van der Waals surface area contributed by atoms with E-state index in [-0.39, 0.29) is 20.1 Å². The molecule has 0 aliphatic heterocycles. The molecular weight excluding hydrogens is 617 g/mol. The molecule has 0 bridgehead atoms. The fraction of sp³-hybridized carbons (Fsp3) is 0. The third kappa shape index (κ3) is 3.65. The summed E-state index contributed by atoms with van der Waals surface area (Å²) in [4.78, 5) is 4.71. The van der Waals surface area contributed by atoms with Crippen LogP contribution in [-0.4, -0.2) is 9.55 Å². The summed E-state index contributed by atoms with van der Waals surface area (Å²) in [5, 5.41) is 4.84. The van der Waals surface area contributed by atoms with Gasteiger partial charge in [0.05, 0.1) is 11.0 Å². The molecule has 36 heavy (non-hydrogen) atoms. The molecule has 0 amide bonds. The summed E-state index contributed by atoms with van der Waals surface area (Å²) in [6.07, 6.45) is 1.88. The average Bonchev–Trinajstić information content (AvgIpc) is 3.27. The number of hydrogen-bond acceptors (Lipinski definition) is 1. The molecule has 0 unspecified atom stereocenters. The monoisotopic (exact) mass is 638 g/mol. The van der Waals surface area contributed by atoms with Gasteiger partial charge < -0.3 is 9.55 Å². The average molecular weight is 638 g/mol. The summed E-state index contributed by atoms with van der Waals surface area (Å²) in [6.45, 7) is 0. The van der Waals surface area contributed by atoms with Gasteiger partial charge in [0.2, 0.25) is 0 Å². The molecule has 0 saturated heterocycles. The molecule has 5 aromatic carbocycles. The summed E-state index contributed by atoms with van der Waals surface area (Å²) in [7, 11) is 0. The minimum Gasteiger partial charge on any atom is -0.309 e. The maximum Gasteiger partial charge on any atom is 0.0541 e. The Labute approximate surface area is 223 Å². The van der Waals surface area contributed by atoms with E-state index < -0.39 is 0 Å². The van der Waals surface area contributed by atoms with Crippen molar-refractivity contribution in [2.24, 2.45) is 0 Å². The maximum atomic E-state index is 4.71. The van der Waals surface area contributed by atoms with Gasteiger partial charge in [-0.2, -0.15) is 0 Å². The van der Waals surface area contributed by atoms with Gasteiger partial charge in [0, 0.05) is 42.8 Å². The molecule has 173 valence electrons. The second kappa shape index (κ2) is 9.20. The molecule has 2 heterocycles. The van der Waals surface area contributed by atoms with Gasteiger partial charge in [-0.05, 0) is 58.4 Å². The molecule has 0 fully saturated rings. The Balaban J connectivity index is 0.00000240. The second-order valence-corrected chi connectivity index (χ2v) is 8.79. The van der Waals surface area contributed by atoms with E-state index in [4.69, 9.17) is 4.98 Å². The van der Waals surface area contributed by atoms with Crippen LogP contribution in [0.2, 0.25) is 0 Å². The van der Waals surface area contributed by atoms with Crippen LogP contribution in [0.15, 0.2) is 128 Å². The SMILES string of the molecule is [Ir].[c-]1ccc(-c2ccc3c(c2)c2ccccc2n3-c2ccccc2)cc1-c1nccc2ccccc12. The Kier molecular flexibility index (Phi) is 5.73. The Morgan fingerprint density at radius 3 is 2.19 bits per heavy atom. The molecule has 7 aromatic rings. The van der Waals surface area contributed by atoms with Crippen molar-refractivity contribution < 1.29 is 20.1 Å². The van der Waals surface area contributed by atoms with Crippen molar-refractivity contribution in [1.82, 2.24) is 9.55 Å². The standard InChI is InChI=1S/C33H21N2.Ir/c1-2-12-27(13-3-1)35-31-16-7-6-15-29(31)30-22-25(17-18-32(30)35)24-10-8-11-26(21-24)33-28-14-5-4-9-23(28)19-20-34-33;/h1-10,12-22H;/q-1;. The molecular formula is C33H21IrN2-. The number of nitrogens with zero attached hydrogens (tertiary/aromatic N) is 2. The van der Waals surface area contributed by atoms with Crippen LogP contribution in [0.4, 0.5) is 0 Å². The van der Waals surface area contributed by atoms with Crippen LogP contribution in [0.3, 0.4) is 0 Å². The van der Waals surface area contributed by atoms with Crippen LogP contribution >= 0.6 is 0 Å². The number of pyridine rings is 1. The maximum absolute atomic E-state index is 4.71. The van der Waals surface area contributed by atoms with E-state index >= 15 is 0 Å². The van der Waals surface area contributed by atoms with Crippen molar-refractivity contribution in [2.75, 3.05) is 0 Å². The van der Waals surface area contributed by atoms with E-state index in [0.717, 1.165) is 22.2 Å². The zero-order valence-corrected chi connectivity index (χ0v) is 21.7. The van der Waals surface area contributed by atoms with Gasteiger partial charge in [-0.1, -0.05) is 66.7 Å². The molecule has 0 N–H and O–H groups in total. The van der Waals surface area contributed by atoms with Crippen LogP contribution in [0.25, 0.3) is 60.6 Å². The molecule has 2 nitrogen and oxygen atoms in total. The fourth-order valence-corrected chi connectivity index (χ4v) is 5.12. The number of aromatic nitrogens is 2. The topological polar surface area (TPSA) is 17.8 Å². The Morgan fingerprint density at radius 1 is 0.583 bits per heavy atom. The number of benzene rings is 5. The molecule has 3 heteroatoms. The first-order valence-electron chi connectivity index (χ1n) is 11.8. The van der Waals surface area contributed by atoms with Gasteiger partial charge in [0.1, 0.15) is 0 Å². The van der Waals surface area contributed by atoms with Crippen LogP contribution in [0, 0.1) is 6.07 Å². The van der Waals surface area contributed by atoms with Crippen LogP contribution in [0.1, 0.15) is 0 Å². The first-order chi connectivity index (χ1) is 17.4. The molecule has 0 aliphatic rings. The Bertz CT molecular complexity index is 1850. The van der Waals surface area contributed by atoms with Gasteiger partial charge in [0.15, 0.2) is 0 Å². The van der Waals surface area contributed by atoms with E-state index in [9.17, 15) is 0 Å². The first-order valence-corrected chi connectivity index (χ1v) is 11.8. The fourth-order valence-electron chi connectivity index (χ4n) is 5.12. The van der Waals surface area contributed by atoms with E-state index in [1.807, 2.05) is 12.3 Å². The Morgan fingerprint density at radius 2 is 1.31 bits per heavy atom.